The van der Waals surface area contributed by atoms with Crippen LogP contribution >= 0.6 is 23.2 Å². The van der Waals surface area contributed by atoms with Crippen LogP contribution in [0, 0.1) is 11.1 Å². The van der Waals surface area contributed by atoms with Crippen molar-refractivity contribution in [2.45, 2.75) is 36.9 Å². The van der Waals surface area contributed by atoms with E-state index in [1.807, 2.05) is 0 Å². The number of alkyl halides is 2. The molecule has 16 heteroatoms. The number of anilines is 1. The number of nitrogen functional groups attached to an aromatic ring is 1. The first-order chi connectivity index (χ1) is 21.9. The Balaban J connectivity index is 1.31. The van der Waals surface area contributed by atoms with Gasteiger partial charge < -0.3 is 25.2 Å². The number of nitrogens with zero attached hydrogens (tertiary/aromatic N) is 3. The Kier molecular flexibility index (Phi) is 10.7. The first kappa shape index (κ1) is 33.9. The molecule has 2 aromatic carbocycles. The lowest BCUT2D eigenvalue weighted by Crippen LogP contribution is -2.50. The summed E-state index contributed by atoms with van der Waals surface area (Å²) in [7, 11) is -3.74. The number of piperazine rings is 1. The molecule has 1 saturated heterocycles. The number of benzene rings is 2. The maximum Gasteiger partial charge on any atom is 0.387 e. The van der Waals surface area contributed by atoms with Crippen molar-refractivity contribution in [3.63, 3.8) is 0 Å². The Hall–Kier alpha value is -3.43. The highest BCUT2D eigenvalue weighted by Crippen LogP contribution is 2.38. The average molecular weight is 702 g/mol. The highest BCUT2D eigenvalue weighted by atomic mass is 35.5. The van der Waals surface area contributed by atoms with E-state index in [-0.39, 0.29) is 65.6 Å². The van der Waals surface area contributed by atoms with Crippen LogP contribution in [0.4, 0.5) is 14.5 Å². The lowest BCUT2D eigenvalue weighted by molar-refractivity contribution is -0.605. The number of halogens is 4. The Bertz CT molecular complexity index is 1630. The number of carbonyl (C=O) groups excluding carboxylic acids is 1. The van der Waals surface area contributed by atoms with Gasteiger partial charge in [-0.05, 0) is 60.7 Å². The highest BCUT2D eigenvalue weighted by Gasteiger charge is 2.31. The second kappa shape index (κ2) is 14.6. The van der Waals surface area contributed by atoms with E-state index in [4.69, 9.17) is 38.4 Å². The molecule has 2 aliphatic rings. The zero-order valence-electron chi connectivity index (χ0n) is 24.5. The topological polar surface area (TPSA) is 138 Å². The molecule has 3 aromatic rings. The third-order valence-corrected chi connectivity index (χ3v) is 10.2. The van der Waals surface area contributed by atoms with Gasteiger partial charge in [0.1, 0.15) is 16.1 Å². The Morgan fingerprint density at radius 2 is 1.67 bits per heavy atom. The third kappa shape index (κ3) is 8.68. The zero-order valence-corrected chi connectivity index (χ0v) is 26.8. The molecule has 2 heterocycles. The fourth-order valence-corrected chi connectivity index (χ4v) is 6.98. The molecule has 1 aromatic heterocycles. The van der Waals surface area contributed by atoms with Crippen LogP contribution in [0.3, 0.4) is 0 Å². The predicted molar refractivity (Wildman–Crippen MR) is 165 cm³/mol. The lowest BCUT2D eigenvalue weighted by atomic mass is 10.0. The molecular formula is C30H32Cl2F2N4O7S. The quantitative estimate of drug-likeness (QED) is 0.119. The number of pyridine rings is 1. The summed E-state index contributed by atoms with van der Waals surface area (Å²) in [6, 6.07) is 10.2. The summed E-state index contributed by atoms with van der Waals surface area (Å²) in [4.78, 5) is 15.2. The molecule has 0 amide bonds. The molecule has 0 spiro atoms. The van der Waals surface area contributed by atoms with Gasteiger partial charge in [0, 0.05) is 43.9 Å². The van der Waals surface area contributed by atoms with Crippen molar-refractivity contribution >= 4 is 44.9 Å². The molecule has 0 radical (unpaired) electrons. The van der Waals surface area contributed by atoms with Crippen molar-refractivity contribution < 1.29 is 40.9 Å². The predicted octanol–water partition coefficient (Wildman–Crippen LogP) is 4.43. The van der Waals surface area contributed by atoms with Crippen LogP contribution in [0.5, 0.6) is 11.5 Å². The van der Waals surface area contributed by atoms with Crippen molar-refractivity contribution in [1.29, 1.82) is 0 Å². The van der Waals surface area contributed by atoms with Crippen LogP contribution in [0.2, 0.25) is 10.0 Å². The fraction of sp³-hybridized carbons (Fsp3) is 0.400. The van der Waals surface area contributed by atoms with E-state index >= 15 is 0 Å². The van der Waals surface area contributed by atoms with Gasteiger partial charge in [0.05, 0.1) is 18.0 Å². The summed E-state index contributed by atoms with van der Waals surface area (Å²) in [5, 5.41) is 11.9. The maximum absolute atomic E-state index is 13.3. The Morgan fingerprint density at radius 1 is 1.02 bits per heavy atom. The van der Waals surface area contributed by atoms with Crippen LogP contribution in [0.15, 0.2) is 59.8 Å². The number of rotatable bonds is 13. The minimum absolute atomic E-state index is 0.0462. The molecule has 0 bridgehead atoms. The molecule has 1 unspecified atom stereocenters. The number of aromatic nitrogens is 1. The SMILES string of the molecule is Nc1ccc(S(=O)(=O)N2CCN(CC(=O)OC(Cc3c(Cl)c[n+]([O-])cc3Cl)c3ccc(OC(F)F)c(OCC4CC4)c3)CC2)cc1. The third-order valence-electron chi connectivity index (χ3n) is 7.65. The van der Waals surface area contributed by atoms with Gasteiger partial charge in [0.15, 0.2) is 23.9 Å². The van der Waals surface area contributed by atoms with Crippen molar-refractivity contribution in [2.24, 2.45) is 5.92 Å². The standard InChI is InChI=1S/C30H32Cl2F2N4O7S/c31-24-15-37(40)16-25(32)23(24)14-27(20-3-8-26(45-30(33)34)28(13-20)43-18-19-1-2-19)44-29(39)17-36-9-11-38(12-10-36)46(41,42)22-6-4-21(35)5-7-22/h3-8,13,15-16,19,27,30H,1-2,9-12,14,17-18,35H2. The van der Waals surface area contributed by atoms with Gasteiger partial charge in [-0.1, -0.05) is 29.3 Å². The normalized spacial score (nSPS) is 16.7. The van der Waals surface area contributed by atoms with Gasteiger partial charge in [0.25, 0.3) is 0 Å². The summed E-state index contributed by atoms with van der Waals surface area (Å²) in [5.74, 6) is -0.416. The fourth-order valence-electron chi connectivity index (χ4n) is 4.96. The smallest absolute Gasteiger partial charge is 0.387 e. The number of carbonyl (C=O) groups is 1. The summed E-state index contributed by atoms with van der Waals surface area (Å²) in [6.07, 6.45) is 3.11. The molecule has 1 atom stereocenters. The summed E-state index contributed by atoms with van der Waals surface area (Å²) < 4.78 is 70.5. The molecule has 11 nitrogen and oxygen atoms in total. The molecule has 1 aliphatic heterocycles. The minimum Gasteiger partial charge on any atom is -0.619 e. The van der Waals surface area contributed by atoms with E-state index in [0.717, 1.165) is 25.2 Å². The van der Waals surface area contributed by atoms with Crippen LogP contribution in [-0.2, 0) is 26.0 Å². The molecule has 2 N–H and O–H groups in total. The van der Waals surface area contributed by atoms with Crippen LogP contribution in [0.25, 0.3) is 0 Å². The van der Waals surface area contributed by atoms with E-state index < -0.39 is 28.7 Å². The molecular weight excluding hydrogens is 669 g/mol. The molecule has 1 aliphatic carbocycles. The molecule has 5 rings (SSSR count). The lowest BCUT2D eigenvalue weighted by Gasteiger charge is -2.33. The van der Waals surface area contributed by atoms with Crippen LogP contribution in [0.1, 0.15) is 30.1 Å². The molecule has 2 fully saturated rings. The van der Waals surface area contributed by atoms with E-state index in [1.54, 1.807) is 4.90 Å². The largest absolute Gasteiger partial charge is 0.619 e. The maximum atomic E-state index is 13.3. The second-order valence-corrected chi connectivity index (χ2v) is 13.8. The van der Waals surface area contributed by atoms with E-state index in [9.17, 15) is 27.2 Å². The monoisotopic (exact) mass is 700 g/mol. The first-order valence-corrected chi connectivity index (χ1v) is 16.6. The van der Waals surface area contributed by atoms with Crippen LogP contribution in [-0.4, -0.2) is 69.5 Å². The number of hydrogen-bond acceptors (Lipinski definition) is 9. The second-order valence-electron chi connectivity index (χ2n) is 11.1. The Morgan fingerprint density at radius 3 is 2.28 bits per heavy atom. The number of sulfonamides is 1. The summed E-state index contributed by atoms with van der Waals surface area (Å²) in [5.41, 5.74) is 6.86. The summed E-state index contributed by atoms with van der Waals surface area (Å²) in [6.45, 7) is -2.07. The van der Waals surface area contributed by atoms with Crippen molar-refractivity contribution in [1.82, 2.24) is 9.21 Å². The van der Waals surface area contributed by atoms with E-state index in [0.29, 0.717) is 34.1 Å². The van der Waals surface area contributed by atoms with Crippen LogP contribution < -0.4 is 19.9 Å². The van der Waals surface area contributed by atoms with Gasteiger partial charge in [0.2, 0.25) is 10.0 Å². The number of ether oxygens (including phenoxy) is 3. The van der Waals surface area contributed by atoms with E-state index in [1.165, 1.54) is 46.8 Å². The summed E-state index contributed by atoms with van der Waals surface area (Å²) >= 11 is 12.6. The van der Waals surface area contributed by atoms with Gasteiger partial charge in [-0.2, -0.15) is 17.8 Å². The van der Waals surface area contributed by atoms with Gasteiger partial charge in [-0.3, -0.25) is 9.69 Å². The zero-order chi connectivity index (χ0) is 33.0. The first-order valence-electron chi connectivity index (χ1n) is 14.4. The van der Waals surface area contributed by atoms with Crippen molar-refractivity contribution in [2.75, 3.05) is 45.1 Å². The average Bonchev–Trinajstić information content (AvgIpc) is 3.83. The van der Waals surface area contributed by atoms with E-state index in [2.05, 4.69) is 4.74 Å². The van der Waals surface area contributed by atoms with Gasteiger partial charge in [-0.15, -0.1) is 0 Å². The minimum atomic E-state index is -3.74. The number of esters is 1. The van der Waals surface area contributed by atoms with Gasteiger partial charge >= 0.3 is 12.6 Å². The Labute approximate surface area is 275 Å². The number of nitrogens with two attached hydrogens (primary N) is 1. The van der Waals surface area contributed by atoms with Crippen molar-refractivity contribution in [3.05, 3.63) is 81.2 Å². The molecule has 1 saturated carbocycles. The van der Waals surface area contributed by atoms with Crippen molar-refractivity contribution in [3.8, 4) is 11.5 Å². The number of hydrogen-bond donors (Lipinski definition) is 1. The molecule has 248 valence electrons. The molecule has 46 heavy (non-hydrogen) atoms. The van der Waals surface area contributed by atoms with Gasteiger partial charge in [-0.25, -0.2) is 8.42 Å². The highest BCUT2D eigenvalue weighted by molar-refractivity contribution is 7.89.